The van der Waals surface area contributed by atoms with E-state index in [9.17, 15) is 4.79 Å². The van der Waals surface area contributed by atoms with Gasteiger partial charge in [-0.25, -0.2) is 4.98 Å². The molecule has 1 N–H and O–H groups in total. The van der Waals surface area contributed by atoms with Gasteiger partial charge in [0.2, 0.25) is 0 Å². The molecule has 1 atom stereocenters. The highest BCUT2D eigenvalue weighted by Gasteiger charge is 2.30. The minimum absolute atomic E-state index is 0.0937. The smallest absolute Gasteiger partial charge is 0.182 e. The first kappa shape index (κ1) is 14.8. The first-order chi connectivity index (χ1) is 9.37. The second-order valence-corrected chi connectivity index (χ2v) is 6.85. The Morgan fingerprint density at radius 1 is 1.35 bits per heavy atom. The van der Waals surface area contributed by atoms with E-state index in [4.69, 9.17) is 0 Å². The zero-order valence-electron chi connectivity index (χ0n) is 12.9. The fraction of sp³-hybridized carbons (Fsp3) is 0.529. The summed E-state index contributed by atoms with van der Waals surface area (Å²) in [7, 11) is 0. The van der Waals surface area contributed by atoms with Crippen LogP contribution in [0.1, 0.15) is 47.0 Å². The third kappa shape index (κ3) is 3.69. The van der Waals surface area contributed by atoms with Gasteiger partial charge in [0.1, 0.15) is 5.82 Å². The molecule has 0 aliphatic heterocycles. The Kier molecular flexibility index (Phi) is 4.26. The SMILES string of the molecule is CC1CC(CCC(C)(C)C)=C(Nc2ccccn2)C1=O. The summed E-state index contributed by atoms with van der Waals surface area (Å²) in [5.74, 6) is 1.06. The lowest BCUT2D eigenvalue weighted by atomic mass is 9.88. The summed E-state index contributed by atoms with van der Waals surface area (Å²) in [6.45, 7) is 8.71. The van der Waals surface area contributed by atoms with E-state index in [2.05, 4.69) is 31.1 Å². The molecule has 1 aromatic rings. The Labute approximate surface area is 121 Å². The molecule has 1 aromatic heterocycles. The molecule has 0 saturated heterocycles. The number of hydrogen-bond donors (Lipinski definition) is 1. The van der Waals surface area contributed by atoms with Crippen molar-refractivity contribution in [2.45, 2.75) is 47.0 Å². The largest absolute Gasteiger partial charge is 0.337 e. The number of carbonyl (C=O) groups excluding carboxylic acids is 1. The quantitative estimate of drug-likeness (QED) is 0.894. The normalized spacial score (nSPS) is 19.6. The van der Waals surface area contributed by atoms with Crippen LogP contribution in [0.4, 0.5) is 5.82 Å². The fourth-order valence-electron chi connectivity index (χ4n) is 2.45. The molecule has 3 heteroatoms. The standard InChI is InChI=1S/C17H24N2O/c1-12-11-13(8-9-17(2,3)4)15(16(12)20)19-14-7-5-6-10-18-14/h5-7,10,12H,8-9,11H2,1-4H3,(H,18,19). The number of pyridine rings is 1. The molecule has 0 saturated carbocycles. The number of rotatable bonds is 4. The van der Waals surface area contributed by atoms with Gasteiger partial charge in [-0.15, -0.1) is 0 Å². The van der Waals surface area contributed by atoms with Crippen LogP contribution in [0.5, 0.6) is 0 Å². The molecule has 1 unspecified atom stereocenters. The number of nitrogens with one attached hydrogen (secondary N) is 1. The van der Waals surface area contributed by atoms with Crippen LogP contribution in [0.2, 0.25) is 0 Å². The van der Waals surface area contributed by atoms with Crippen molar-refractivity contribution in [2.75, 3.05) is 5.32 Å². The van der Waals surface area contributed by atoms with Crippen molar-refractivity contribution in [1.82, 2.24) is 4.98 Å². The van der Waals surface area contributed by atoms with E-state index in [-0.39, 0.29) is 17.1 Å². The summed E-state index contributed by atoms with van der Waals surface area (Å²) in [6.07, 6.45) is 4.69. The number of ketones is 1. The summed E-state index contributed by atoms with van der Waals surface area (Å²) in [6, 6.07) is 5.69. The fourth-order valence-corrected chi connectivity index (χ4v) is 2.45. The van der Waals surface area contributed by atoms with E-state index in [1.165, 1.54) is 5.57 Å². The molecule has 0 radical (unpaired) electrons. The second-order valence-electron chi connectivity index (χ2n) is 6.85. The molecule has 1 aliphatic carbocycles. The molecule has 20 heavy (non-hydrogen) atoms. The maximum atomic E-state index is 12.3. The van der Waals surface area contributed by atoms with Gasteiger partial charge in [0.15, 0.2) is 5.78 Å². The van der Waals surface area contributed by atoms with Gasteiger partial charge in [0.25, 0.3) is 0 Å². The lowest BCUT2D eigenvalue weighted by Crippen LogP contribution is -2.13. The number of nitrogens with zero attached hydrogens (tertiary/aromatic N) is 1. The average molecular weight is 272 g/mol. The van der Waals surface area contributed by atoms with Crippen LogP contribution in [0.25, 0.3) is 0 Å². The van der Waals surface area contributed by atoms with Crippen molar-refractivity contribution in [3.8, 4) is 0 Å². The molecule has 1 heterocycles. The zero-order valence-corrected chi connectivity index (χ0v) is 12.9. The summed E-state index contributed by atoms with van der Waals surface area (Å²) in [5.41, 5.74) is 2.32. The topological polar surface area (TPSA) is 42.0 Å². The Morgan fingerprint density at radius 2 is 2.10 bits per heavy atom. The van der Waals surface area contributed by atoms with Crippen molar-refractivity contribution in [2.24, 2.45) is 11.3 Å². The highest BCUT2D eigenvalue weighted by molar-refractivity contribution is 6.02. The van der Waals surface area contributed by atoms with E-state index < -0.39 is 0 Å². The first-order valence-corrected chi connectivity index (χ1v) is 7.31. The van der Waals surface area contributed by atoms with E-state index in [1.807, 2.05) is 25.1 Å². The van der Waals surface area contributed by atoms with E-state index >= 15 is 0 Å². The molecule has 0 bridgehead atoms. The molecule has 2 rings (SSSR count). The van der Waals surface area contributed by atoms with Gasteiger partial charge < -0.3 is 5.32 Å². The van der Waals surface area contributed by atoms with Crippen molar-refractivity contribution in [3.63, 3.8) is 0 Å². The molecular weight excluding hydrogens is 248 g/mol. The van der Waals surface area contributed by atoms with Gasteiger partial charge in [-0.3, -0.25) is 4.79 Å². The number of hydrogen-bond acceptors (Lipinski definition) is 3. The Balaban J connectivity index is 2.16. The van der Waals surface area contributed by atoms with Crippen LogP contribution >= 0.6 is 0 Å². The average Bonchev–Trinajstić information content (AvgIpc) is 2.65. The van der Waals surface area contributed by atoms with Crippen LogP contribution in [0.3, 0.4) is 0 Å². The highest BCUT2D eigenvalue weighted by atomic mass is 16.1. The van der Waals surface area contributed by atoms with Crippen molar-refractivity contribution in [3.05, 3.63) is 35.7 Å². The predicted molar refractivity (Wildman–Crippen MR) is 82.4 cm³/mol. The van der Waals surface area contributed by atoms with Gasteiger partial charge in [0, 0.05) is 12.1 Å². The predicted octanol–water partition coefficient (Wildman–Crippen LogP) is 4.18. The second kappa shape index (κ2) is 5.78. The van der Waals surface area contributed by atoms with Gasteiger partial charge in [-0.2, -0.15) is 0 Å². The third-order valence-corrected chi connectivity index (χ3v) is 3.69. The summed E-state index contributed by atoms with van der Waals surface area (Å²) in [5, 5.41) is 3.23. The van der Waals surface area contributed by atoms with E-state index in [0.29, 0.717) is 0 Å². The van der Waals surface area contributed by atoms with Crippen molar-refractivity contribution in [1.29, 1.82) is 0 Å². The lowest BCUT2D eigenvalue weighted by molar-refractivity contribution is -0.117. The van der Waals surface area contributed by atoms with E-state index in [0.717, 1.165) is 30.8 Å². The van der Waals surface area contributed by atoms with Gasteiger partial charge in [-0.1, -0.05) is 33.8 Å². The Bertz CT molecular complexity index is 512. The summed E-state index contributed by atoms with van der Waals surface area (Å²) in [4.78, 5) is 16.5. The Hall–Kier alpha value is -1.64. The maximum absolute atomic E-state index is 12.3. The van der Waals surface area contributed by atoms with Crippen LogP contribution in [-0.2, 0) is 4.79 Å². The molecule has 1 aliphatic rings. The van der Waals surface area contributed by atoms with Gasteiger partial charge in [-0.05, 0) is 42.4 Å². The van der Waals surface area contributed by atoms with Crippen molar-refractivity contribution < 1.29 is 4.79 Å². The minimum Gasteiger partial charge on any atom is -0.337 e. The van der Waals surface area contributed by atoms with Crippen LogP contribution in [0.15, 0.2) is 35.7 Å². The number of aromatic nitrogens is 1. The number of carbonyl (C=O) groups is 1. The van der Waals surface area contributed by atoms with E-state index in [1.54, 1.807) is 6.20 Å². The highest BCUT2D eigenvalue weighted by Crippen LogP contribution is 2.34. The molecular formula is C17H24N2O. The van der Waals surface area contributed by atoms with Crippen LogP contribution in [-0.4, -0.2) is 10.8 Å². The number of anilines is 1. The van der Waals surface area contributed by atoms with Gasteiger partial charge in [0.05, 0.1) is 5.70 Å². The first-order valence-electron chi connectivity index (χ1n) is 7.31. The minimum atomic E-state index is 0.0937. The number of Topliss-reactive ketones (excluding diaryl/α,β-unsaturated/α-hetero) is 1. The molecule has 0 amide bonds. The summed E-state index contributed by atoms with van der Waals surface area (Å²) < 4.78 is 0. The van der Waals surface area contributed by atoms with Gasteiger partial charge >= 0.3 is 0 Å². The Morgan fingerprint density at radius 3 is 2.70 bits per heavy atom. The lowest BCUT2D eigenvalue weighted by Gasteiger charge is -2.18. The van der Waals surface area contributed by atoms with Crippen LogP contribution < -0.4 is 5.32 Å². The molecule has 0 fully saturated rings. The molecule has 0 spiro atoms. The summed E-state index contributed by atoms with van der Waals surface area (Å²) >= 11 is 0. The molecule has 108 valence electrons. The number of allylic oxidation sites excluding steroid dienone is 2. The maximum Gasteiger partial charge on any atom is 0.182 e. The molecule has 3 nitrogen and oxygen atoms in total. The third-order valence-electron chi connectivity index (χ3n) is 3.69. The monoisotopic (exact) mass is 272 g/mol. The van der Waals surface area contributed by atoms with Crippen LogP contribution in [0, 0.1) is 11.3 Å². The van der Waals surface area contributed by atoms with Crippen molar-refractivity contribution >= 4 is 11.6 Å². The molecule has 0 aromatic carbocycles. The zero-order chi connectivity index (χ0) is 14.8.